The Labute approximate surface area is 174 Å². The Balaban J connectivity index is 1.46. The van der Waals surface area contributed by atoms with Crippen molar-refractivity contribution in [3.8, 4) is 11.5 Å². The molecule has 3 amide bonds. The van der Waals surface area contributed by atoms with Crippen molar-refractivity contribution in [1.29, 1.82) is 0 Å². The molecular weight excluding hydrogens is 386 g/mol. The minimum absolute atomic E-state index is 0.115. The molecule has 8 nitrogen and oxygen atoms in total. The Morgan fingerprint density at radius 3 is 2.57 bits per heavy atom. The highest BCUT2D eigenvalue weighted by Crippen LogP contribution is 2.36. The Kier molecular flexibility index (Phi) is 5.31. The summed E-state index contributed by atoms with van der Waals surface area (Å²) in [6, 6.07) is 10.7. The monoisotopic (exact) mass is 409 g/mol. The Morgan fingerprint density at radius 1 is 1.03 bits per heavy atom. The van der Waals surface area contributed by atoms with Crippen LogP contribution in [-0.4, -0.2) is 37.5 Å². The summed E-state index contributed by atoms with van der Waals surface area (Å²) in [6.07, 6.45) is 0.130. The van der Waals surface area contributed by atoms with Gasteiger partial charge in [0.05, 0.1) is 5.92 Å². The fraction of sp³-hybridized carbons (Fsp3) is 0.318. The Morgan fingerprint density at radius 2 is 1.80 bits per heavy atom. The molecule has 0 bridgehead atoms. The third-order valence-corrected chi connectivity index (χ3v) is 5.15. The maximum absolute atomic E-state index is 12.8. The van der Waals surface area contributed by atoms with Crippen LogP contribution < -0.4 is 25.0 Å². The summed E-state index contributed by atoms with van der Waals surface area (Å²) in [4.78, 5) is 38.3. The van der Waals surface area contributed by atoms with Crippen LogP contribution in [0.4, 0.5) is 17.1 Å². The van der Waals surface area contributed by atoms with Crippen molar-refractivity contribution in [2.75, 3.05) is 35.3 Å². The molecule has 1 unspecified atom stereocenters. The number of aryl methyl sites for hydroxylation is 1. The van der Waals surface area contributed by atoms with E-state index in [-0.39, 0.29) is 30.7 Å². The molecule has 1 fully saturated rings. The summed E-state index contributed by atoms with van der Waals surface area (Å²) < 4.78 is 11.1. The molecule has 2 N–H and O–H groups in total. The van der Waals surface area contributed by atoms with E-state index in [0.29, 0.717) is 41.8 Å². The number of hydrogen-bond acceptors (Lipinski definition) is 5. The van der Waals surface area contributed by atoms with E-state index in [9.17, 15) is 14.4 Å². The Bertz CT molecular complexity index is 1020. The summed E-state index contributed by atoms with van der Waals surface area (Å²) in [6.45, 7) is 4.55. The number of ether oxygens (including phenoxy) is 2. The second kappa shape index (κ2) is 8.06. The van der Waals surface area contributed by atoms with Crippen LogP contribution in [0.15, 0.2) is 36.4 Å². The fourth-order valence-electron chi connectivity index (χ4n) is 3.61. The molecule has 2 aromatic carbocycles. The molecule has 0 aromatic heterocycles. The minimum atomic E-state index is -0.477. The van der Waals surface area contributed by atoms with Crippen molar-refractivity contribution in [3.63, 3.8) is 0 Å². The molecule has 2 aliphatic rings. The van der Waals surface area contributed by atoms with E-state index in [2.05, 4.69) is 10.6 Å². The SMILES string of the molecule is CC(=O)Nc1ccc(C)c(NC(=O)C2CC(=O)N(c3ccc4c(c3)OCCO4)C2)c1. The van der Waals surface area contributed by atoms with Gasteiger partial charge < -0.3 is 25.0 Å². The molecule has 0 spiro atoms. The molecule has 8 heteroatoms. The Hall–Kier alpha value is -3.55. The van der Waals surface area contributed by atoms with Crippen LogP contribution in [0.3, 0.4) is 0 Å². The number of rotatable bonds is 4. The molecule has 2 aromatic rings. The first kappa shape index (κ1) is 19.8. The maximum atomic E-state index is 12.8. The number of nitrogens with zero attached hydrogens (tertiary/aromatic N) is 1. The average Bonchev–Trinajstić information content (AvgIpc) is 3.11. The zero-order valence-corrected chi connectivity index (χ0v) is 16.9. The highest BCUT2D eigenvalue weighted by Gasteiger charge is 2.35. The van der Waals surface area contributed by atoms with Gasteiger partial charge in [-0.15, -0.1) is 0 Å². The topological polar surface area (TPSA) is 97.0 Å². The number of carbonyl (C=O) groups excluding carboxylic acids is 3. The highest BCUT2D eigenvalue weighted by atomic mass is 16.6. The zero-order valence-electron chi connectivity index (χ0n) is 16.9. The van der Waals surface area contributed by atoms with Gasteiger partial charge in [0.25, 0.3) is 0 Å². The van der Waals surface area contributed by atoms with E-state index < -0.39 is 5.92 Å². The first-order chi connectivity index (χ1) is 14.4. The summed E-state index contributed by atoms with van der Waals surface area (Å²) in [5.41, 5.74) is 2.76. The van der Waals surface area contributed by atoms with Gasteiger partial charge in [-0.05, 0) is 36.8 Å². The van der Waals surface area contributed by atoms with Gasteiger partial charge in [-0.1, -0.05) is 6.07 Å². The van der Waals surface area contributed by atoms with Crippen molar-refractivity contribution in [3.05, 3.63) is 42.0 Å². The van der Waals surface area contributed by atoms with Crippen LogP contribution in [0.2, 0.25) is 0 Å². The lowest BCUT2D eigenvalue weighted by Crippen LogP contribution is -2.28. The van der Waals surface area contributed by atoms with Gasteiger partial charge in [0, 0.05) is 43.0 Å². The van der Waals surface area contributed by atoms with E-state index >= 15 is 0 Å². The molecule has 4 rings (SSSR count). The number of amides is 3. The van der Waals surface area contributed by atoms with Crippen molar-refractivity contribution >= 4 is 34.8 Å². The van der Waals surface area contributed by atoms with Crippen molar-refractivity contribution in [2.45, 2.75) is 20.3 Å². The van der Waals surface area contributed by atoms with E-state index in [1.807, 2.05) is 13.0 Å². The standard InChI is InChI=1S/C22H23N3O5/c1-13-3-4-16(23-14(2)26)10-18(13)24-22(28)15-9-21(27)25(12-15)17-5-6-19-20(11-17)30-8-7-29-19/h3-6,10-11,15H,7-9,12H2,1-2H3,(H,23,26)(H,24,28). The summed E-state index contributed by atoms with van der Waals surface area (Å²) >= 11 is 0. The summed E-state index contributed by atoms with van der Waals surface area (Å²) in [7, 11) is 0. The van der Waals surface area contributed by atoms with E-state index in [4.69, 9.17) is 9.47 Å². The second-order valence-electron chi connectivity index (χ2n) is 7.43. The van der Waals surface area contributed by atoms with Gasteiger partial charge in [-0.25, -0.2) is 0 Å². The molecule has 1 atom stereocenters. The third-order valence-electron chi connectivity index (χ3n) is 5.15. The molecular formula is C22H23N3O5. The maximum Gasteiger partial charge on any atom is 0.229 e. The average molecular weight is 409 g/mol. The predicted octanol–water partition coefficient (Wildman–Crippen LogP) is 2.72. The van der Waals surface area contributed by atoms with Crippen LogP contribution >= 0.6 is 0 Å². The third kappa shape index (κ3) is 4.07. The van der Waals surface area contributed by atoms with Crippen molar-refractivity contribution in [2.24, 2.45) is 5.92 Å². The van der Waals surface area contributed by atoms with Crippen LogP contribution in [0.1, 0.15) is 18.9 Å². The first-order valence-corrected chi connectivity index (χ1v) is 9.80. The summed E-state index contributed by atoms with van der Waals surface area (Å²) in [5.74, 6) is 0.245. The quantitative estimate of drug-likeness (QED) is 0.809. The molecule has 1 saturated heterocycles. The molecule has 156 valence electrons. The lowest BCUT2D eigenvalue weighted by molar-refractivity contribution is -0.122. The molecule has 2 heterocycles. The normalized spacial score (nSPS) is 17.6. The van der Waals surface area contributed by atoms with Gasteiger partial charge in [0.2, 0.25) is 17.7 Å². The van der Waals surface area contributed by atoms with Gasteiger partial charge in [0.1, 0.15) is 13.2 Å². The molecule has 30 heavy (non-hydrogen) atoms. The van der Waals surface area contributed by atoms with Gasteiger partial charge in [-0.3, -0.25) is 14.4 Å². The highest BCUT2D eigenvalue weighted by molar-refractivity contribution is 6.04. The van der Waals surface area contributed by atoms with Crippen molar-refractivity contribution in [1.82, 2.24) is 0 Å². The molecule has 0 aliphatic carbocycles. The number of fused-ring (bicyclic) bond motifs is 1. The summed E-state index contributed by atoms with van der Waals surface area (Å²) in [5, 5.41) is 5.60. The van der Waals surface area contributed by atoms with Gasteiger partial charge >= 0.3 is 0 Å². The van der Waals surface area contributed by atoms with E-state index in [1.165, 1.54) is 6.92 Å². The number of benzene rings is 2. The van der Waals surface area contributed by atoms with Crippen LogP contribution in [0, 0.1) is 12.8 Å². The largest absolute Gasteiger partial charge is 0.486 e. The number of hydrogen-bond donors (Lipinski definition) is 2. The van der Waals surface area contributed by atoms with Crippen LogP contribution in [-0.2, 0) is 14.4 Å². The second-order valence-corrected chi connectivity index (χ2v) is 7.43. The lowest BCUT2D eigenvalue weighted by Gasteiger charge is -2.22. The zero-order chi connectivity index (χ0) is 21.3. The first-order valence-electron chi connectivity index (χ1n) is 9.80. The number of carbonyl (C=O) groups is 3. The molecule has 2 aliphatic heterocycles. The van der Waals surface area contributed by atoms with Gasteiger partial charge in [-0.2, -0.15) is 0 Å². The molecule has 0 saturated carbocycles. The van der Waals surface area contributed by atoms with E-state index in [0.717, 1.165) is 5.56 Å². The van der Waals surface area contributed by atoms with E-state index in [1.54, 1.807) is 35.2 Å². The molecule has 0 radical (unpaired) electrons. The van der Waals surface area contributed by atoms with Crippen LogP contribution in [0.5, 0.6) is 11.5 Å². The fourth-order valence-corrected chi connectivity index (χ4v) is 3.61. The van der Waals surface area contributed by atoms with Crippen molar-refractivity contribution < 1.29 is 23.9 Å². The van der Waals surface area contributed by atoms with Crippen LogP contribution in [0.25, 0.3) is 0 Å². The predicted molar refractivity (Wildman–Crippen MR) is 112 cm³/mol. The number of nitrogens with one attached hydrogen (secondary N) is 2. The lowest BCUT2D eigenvalue weighted by atomic mass is 10.1. The minimum Gasteiger partial charge on any atom is -0.486 e. The van der Waals surface area contributed by atoms with Gasteiger partial charge in [0.15, 0.2) is 11.5 Å². The number of anilines is 3. The smallest absolute Gasteiger partial charge is 0.229 e.